The van der Waals surface area contributed by atoms with Gasteiger partial charge in [-0.1, -0.05) is 18.7 Å². The van der Waals surface area contributed by atoms with E-state index >= 15 is 8.78 Å². The highest BCUT2D eigenvalue weighted by molar-refractivity contribution is 7.98. The molecule has 3 rings (SSSR count). The zero-order valence-corrected chi connectivity index (χ0v) is 26.5. The zero-order valence-electron chi connectivity index (χ0n) is 25.7. The molecule has 2 atom stereocenters. The molecule has 1 aromatic carbocycles. The van der Waals surface area contributed by atoms with Gasteiger partial charge in [0.15, 0.2) is 22.6 Å². The maximum atomic E-state index is 16.3. The highest BCUT2D eigenvalue weighted by Gasteiger charge is 2.29. The van der Waals surface area contributed by atoms with E-state index in [4.69, 9.17) is 15.2 Å². The summed E-state index contributed by atoms with van der Waals surface area (Å²) in [5, 5.41) is 3.56. The Balaban J connectivity index is 2.22. The van der Waals surface area contributed by atoms with Crippen molar-refractivity contribution in [3.63, 3.8) is 0 Å². The summed E-state index contributed by atoms with van der Waals surface area (Å²) in [6.45, 7) is 14.0. The zero-order chi connectivity index (χ0) is 31.7. The van der Waals surface area contributed by atoms with Crippen molar-refractivity contribution >= 4 is 40.3 Å². The number of nitrogens with two attached hydrogens (primary N) is 1. The average molecular weight is 609 g/mol. The predicted molar refractivity (Wildman–Crippen MR) is 161 cm³/mol. The largest absolute Gasteiger partial charge is 0.474 e. The van der Waals surface area contributed by atoms with Crippen molar-refractivity contribution in [3.8, 4) is 17.1 Å². The Morgan fingerprint density at radius 1 is 1.07 bits per heavy atom. The molecule has 0 aliphatic rings. The Morgan fingerprint density at radius 2 is 1.71 bits per heavy atom. The number of thioether (sulfide) groups is 1. The molecular formula is C29H39F3N6O3S. The molecule has 0 bridgehead atoms. The molecule has 0 radical (unpaired) electrons. The topological polar surface area (TPSA) is 115 Å². The number of anilines is 2. The molecule has 0 saturated heterocycles. The van der Waals surface area contributed by atoms with Crippen molar-refractivity contribution in [1.29, 1.82) is 0 Å². The lowest BCUT2D eigenvalue weighted by atomic mass is 9.97. The average Bonchev–Trinajstić information content (AvgIpc) is 2.93. The number of ether oxygens (including phenoxy) is 2. The van der Waals surface area contributed by atoms with Crippen LogP contribution in [0.25, 0.3) is 22.2 Å². The fraction of sp³-hybridized carbons (Fsp3) is 0.517. The molecule has 3 N–H and O–H groups in total. The van der Waals surface area contributed by atoms with Crippen LogP contribution in [0.4, 0.5) is 29.5 Å². The number of rotatable bonds is 9. The summed E-state index contributed by atoms with van der Waals surface area (Å²) in [7, 11) is 1.62. The summed E-state index contributed by atoms with van der Waals surface area (Å²) in [4.78, 5) is 27.4. The van der Waals surface area contributed by atoms with Gasteiger partial charge in [-0.2, -0.15) is 0 Å². The highest BCUT2D eigenvalue weighted by Crippen LogP contribution is 2.41. The van der Waals surface area contributed by atoms with E-state index in [0.717, 1.165) is 0 Å². The van der Waals surface area contributed by atoms with Crippen molar-refractivity contribution in [1.82, 2.24) is 19.9 Å². The van der Waals surface area contributed by atoms with E-state index < -0.39 is 40.5 Å². The molecule has 0 fully saturated rings. The number of aromatic nitrogens is 3. The third-order valence-corrected chi connectivity index (χ3v) is 7.45. The molecular weight excluding hydrogens is 569 g/mol. The van der Waals surface area contributed by atoms with E-state index in [-0.39, 0.29) is 63.1 Å². The molecule has 42 heavy (non-hydrogen) atoms. The van der Waals surface area contributed by atoms with Gasteiger partial charge < -0.3 is 25.4 Å². The van der Waals surface area contributed by atoms with Gasteiger partial charge in [0.1, 0.15) is 33.7 Å². The first-order chi connectivity index (χ1) is 19.5. The molecule has 1 amide bonds. The first-order valence-electron chi connectivity index (χ1n) is 13.6. The molecule has 3 aromatic rings. The number of likely N-dealkylation sites (N-methyl/N-ethyl adjacent to an activating group) is 1. The van der Waals surface area contributed by atoms with Gasteiger partial charge in [-0.15, -0.1) is 0 Å². The number of nitrogens with zero attached hydrogens (tertiary/aromatic N) is 4. The summed E-state index contributed by atoms with van der Waals surface area (Å²) >= 11 is 1.18. The Labute approximate surface area is 248 Å². The standard InChI is InChI=1S/C29H39F3N6O3S/c1-11-14(3)40-26-18-24(21(32)23(35-26)17-15(4)16(5)19(30)22(33)20(17)31)36-27(42-10)37-25(18)34-12-13(2)38(9)28(39)41-29(6,7)8/h13-14H,11-12,33H2,1-10H3,(H,34,36,37). The summed E-state index contributed by atoms with van der Waals surface area (Å²) in [5.41, 5.74) is 3.71. The lowest BCUT2D eigenvalue weighted by Gasteiger charge is -2.29. The fourth-order valence-electron chi connectivity index (χ4n) is 3.99. The number of amides is 1. The molecule has 230 valence electrons. The molecule has 9 nitrogen and oxygen atoms in total. The van der Waals surface area contributed by atoms with Gasteiger partial charge in [0, 0.05) is 25.2 Å². The van der Waals surface area contributed by atoms with Crippen LogP contribution < -0.4 is 15.8 Å². The molecule has 2 unspecified atom stereocenters. The number of hydrogen-bond donors (Lipinski definition) is 2. The van der Waals surface area contributed by atoms with E-state index in [1.807, 2.05) is 20.8 Å². The Kier molecular flexibility index (Phi) is 10.1. The van der Waals surface area contributed by atoms with Crippen LogP contribution in [0.5, 0.6) is 5.88 Å². The van der Waals surface area contributed by atoms with Gasteiger partial charge >= 0.3 is 6.09 Å². The van der Waals surface area contributed by atoms with E-state index in [0.29, 0.717) is 6.42 Å². The van der Waals surface area contributed by atoms with Gasteiger partial charge in [-0.05, 0) is 72.3 Å². The number of carbonyl (C=O) groups is 1. The molecule has 0 saturated carbocycles. The number of nitrogens with one attached hydrogen (secondary N) is 1. The van der Waals surface area contributed by atoms with Crippen LogP contribution in [0.15, 0.2) is 5.16 Å². The molecule has 2 aromatic heterocycles. The first-order valence-corrected chi connectivity index (χ1v) is 14.8. The monoisotopic (exact) mass is 608 g/mol. The van der Waals surface area contributed by atoms with Gasteiger partial charge in [0.05, 0.1) is 6.10 Å². The van der Waals surface area contributed by atoms with Gasteiger partial charge in [-0.25, -0.2) is 32.9 Å². The fourth-order valence-corrected chi connectivity index (χ4v) is 4.36. The smallest absolute Gasteiger partial charge is 0.410 e. The minimum absolute atomic E-state index is 0.0293. The van der Waals surface area contributed by atoms with E-state index in [9.17, 15) is 9.18 Å². The SMILES string of the molecule is CCC(C)Oc1nc(-c2c(C)c(C)c(F)c(N)c2F)c(F)c2nc(SC)nc(NCC(C)N(C)C(=O)OC(C)(C)C)c12. The second kappa shape index (κ2) is 12.8. The van der Waals surface area contributed by atoms with Gasteiger partial charge in [0.25, 0.3) is 0 Å². The molecule has 2 heterocycles. The third-order valence-electron chi connectivity index (χ3n) is 6.91. The quantitative estimate of drug-likeness (QED) is 0.152. The summed E-state index contributed by atoms with van der Waals surface area (Å²) in [5.74, 6) is -2.77. The normalized spacial score (nSPS) is 13.2. The Hall–Kier alpha value is -3.48. The van der Waals surface area contributed by atoms with E-state index in [1.54, 1.807) is 34.1 Å². The van der Waals surface area contributed by atoms with Crippen molar-refractivity contribution in [2.24, 2.45) is 0 Å². The number of fused-ring (bicyclic) bond motifs is 1. The van der Waals surface area contributed by atoms with Gasteiger partial charge in [-0.3, -0.25) is 0 Å². The summed E-state index contributed by atoms with van der Waals surface area (Å²) in [6.07, 6.45) is 1.47. The minimum Gasteiger partial charge on any atom is -0.474 e. The van der Waals surface area contributed by atoms with Crippen molar-refractivity contribution in [3.05, 3.63) is 28.6 Å². The minimum atomic E-state index is -1.12. The number of halogens is 3. The summed E-state index contributed by atoms with van der Waals surface area (Å²) < 4.78 is 57.8. The maximum Gasteiger partial charge on any atom is 0.410 e. The van der Waals surface area contributed by atoms with Crippen molar-refractivity contribution in [2.75, 3.05) is 30.9 Å². The van der Waals surface area contributed by atoms with Crippen LogP contribution in [-0.2, 0) is 4.74 Å². The molecule has 0 aliphatic carbocycles. The van der Waals surface area contributed by atoms with Crippen LogP contribution in [0.2, 0.25) is 0 Å². The predicted octanol–water partition coefficient (Wildman–Crippen LogP) is 6.87. The second-order valence-corrected chi connectivity index (χ2v) is 12.0. The highest BCUT2D eigenvalue weighted by atomic mass is 32.2. The Bertz CT molecular complexity index is 1470. The first kappa shape index (κ1) is 33.0. The van der Waals surface area contributed by atoms with Crippen molar-refractivity contribution in [2.45, 2.75) is 84.7 Å². The number of pyridine rings is 1. The number of nitrogen functional groups attached to an aromatic ring is 1. The maximum absolute atomic E-state index is 16.3. The van der Waals surface area contributed by atoms with Crippen LogP contribution >= 0.6 is 11.8 Å². The van der Waals surface area contributed by atoms with Crippen LogP contribution in [0, 0.1) is 31.3 Å². The van der Waals surface area contributed by atoms with Crippen molar-refractivity contribution < 1.29 is 27.4 Å². The number of carbonyl (C=O) groups excluding carboxylic acids is 1. The van der Waals surface area contributed by atoms with E-state index in [2.05, 4.69) is 20.3 Å². The van der Waals surface area contributed by atoms with Crippen LogP contribution in [-0.4, -0.2) is 63.5 Å². The lowest BCUT2D eigenvalue weighted by molar-refractivity contribution is 0.0244. The molecule has 13 heteroatoms. The number of benzene rings is 1. The third kappa shape index (κ3) is 6.77. The van der Waals surface area contributed by atoms with E-state index in [1.165, 1.54) is 30.5 Å². The Morgan fingerprint density at radius 3 is 2.29 bits per heavy atom. The second-order valence-electron chi connectivity index (χ2n) is 11.2. The van der Waals surface area contributed by atoms with Crippen LogP contribution in [0.3, 0.4) is 0 Å². The molecule has 0 spiro atoms. The molecule has 0 aliphatic heterocycles. The number of hydrogen-bond acceptors (Lipinski definition) is 9. The van der Waals surface area contributed by atoms with Crippen LogP contribution in [0.1, 0.15) is 59.1 Å². The summed E-state index contributed by atoms with van der Waals surface area (Å²) in [6, 6.07) is -0.361. The lowest BCUT2D eigenvalue weighted by Crippen LogP contribution is -2.42. The van der Waals surface area contributed by atoms with Gasteiger partial charge in [0.2, 0.25) is 5.88 Å².